The van der Waals surface area contributed by atoms with Crippen molar-refractivity contribution < 1.29 is 35.7 Å². The van der Waals surface area contributed by atoms with Gasteiger partial charge >= 0.3 is 15.6 Å². The summed E-state index contributed by atoms with van der Waals surface area (Å²) in [5.74, 6) is -0.988. The van der Waals surface area contributed by atoms with Crippen LogP contribution in [-0.2, 0) is 19.1 Å². The highest BCUT2D eigenvalue weighted by Gasteiger charge is 2.49. The maximum atomic E-state index is 12.4. The SMILES string of the molecule is C=CC(O)C(COC)C(=NOS(=O)(=O)C(F)(F)F)c1ccccc1. The van der Waals surface area contributed by atoms with Gasteiger partial charge in [-0.1, -0.05) is 41.6 Å². The molecule has 6 nitrogen and oxygen atoms in total. The molecule has 0 amide bonds. The van der Waals surface area contributed by atoms with E-state index in [1.54, 1.807) is 18.2 Å². The summed E-state index contributed by atoms with van der Waals surface area (Å²) in [6, 6.07) is 7.71. The number of methoxy groups -OCH3 is 1. The Morgan fingerprint density at radius 1 is 1.38 bits per heavy atom. The molecule has 0 bridgehead atoms. The fraction of sp³-hybridized carbons (Fsp3) is 0.357. The minimum absolute atomic E-state index is 0.156. The van der Waals surface area contributed by atoms with Crippen molar-refractivity contribution in [3.63, 3.8) is 0 Å². The molecule has 2 unspecified atom stereocenters. The van der Waals surface area contributed by atoms with Crippen LogP contribution >= 0.6 is 0 Å². The van der Waals surface area contributed by atoms with Crippen LogP contribution in [0.5, 0.6) is 0 Å². The highest BCUT2D eigenvalue weighted by molar-refractivity contribution is 7.87. The maximum Gasteiger partial charge on any atom is 0.536 e. The summed E-state index contributed by atoms with van der Waals surface area (Å²) in [7, 11) is -4.61. The molecule has 0 aliphatic carbocycles. The Bertz CT molecular complexity index is 673. The molecule has 0 heterocycles. The molecule has 1 rings (SSSR count). The van der Waals surface area contributed by atoms with Gasteiger partial charge in [-0.3, -0.25) is 4.28 Å². The van der Waals surface area contributed by atoms with Crippen molar-refractivity contribution >= 4 is 15.8 Å². The van der Waals surface area contributed by atoms with Crippen molar-refractivity contribution in [3.8, 4) is 0 Å². The average Bonchev–Trinajstić information content (AvgIpc) is 2.53. The quantitative estimate of drug-likeness (QED) is 0.329. The number of oxime groups is 1. The first-order valence-corrected chi connectivity index (χ1v) is 7.97. The fourth-order valence-corrected chi connectivity index (χ4v) is 2.02. The molecule has 0 aromatic heterocycles. The summed E-state index contributed by atoms with van der Waals surface area (Å²) in [4.78, 5) is 0. The van der Waals surface area contributed by atoms with Crippen LogP contribution in [-0.4, -0.2) is 44.6 Å². The Morgan fingerprint density at radius 3 is 2.42 bits per heavy atom. The van der Waals surface area contributed by atoms with Crippen molar-refractivity contribution in [1.82, 2.24) is 0 Å². The number of alkyl halides is 3. The minimum atomic E-state index is -5.92. The second-order valence-corrected chi connectivity index (χ2v) is 6.13. The molecule has 0 fully saturated rings. The molecule has 2 atom stereocenters. The molecule has 0 spiro atoms. The monoisotopic (exact) mass is 367 g/mol. The van der Waals surface area contributed by atoms with Gasteiger partial charge in [0.25, 0.3) is 0 Å². The van der Waals surface area contributed by atoms with Crippen LogP contribution < -0.4 is 0 Å². The van der Waals surface area contributed by atoms with E-state index >= 15 is 0 Å². The second kappa shape index (κ2) is 8.27. The van der Waals surface area contributed by atoms with Crippen LogP contribution in [0.2, 0.25) is 0 Å². The normalized spacial score (nSPS) is 15.6. The summed E-state index contributed by atoms with van der Waals surface area (Å²) >= 11 is 0. The maximum absolute atomic E-state index is 12.4. The molecule has 1 aromatic carbocycles. The van der Waals surface area contributed by atoms with E-state index in [1.165, 1.54) is 19.2 Å². The van der Waals surface area contributed by atoms with E-state index in [1.807, 2.05) is 0 Å². The third-order valence-electron chi connectivity index (χ3n) is 2.94. The lowest BCUT2D eigenvalue weighted by Gasteiger charge is -2.21. The van der Waals surface area contributed by atoms with Gasteiger partial charge in [0.1, 0.15) is 0 Å². The minimum Gasteiger partial charge on any atom is -0.388 e. The number of ether oxygens (including phenoxy) is 1. The average molecular weight is 367 g/mol. The van der Waals surface area contributed by atoms with Crippen LogP contribution in [0.3, 0.4) is 0 Å². The zero-order valence-corrected chi connectivity index (χ0v) is 13.4. The van der Waals surface area contributed by atoms with Crippen LogP contribution in [0, 0.1) is 5.92 Å². The standard InChI is InChI=1S/C14H16F3NO5S/c1-3-12(19)11(9-22-2)13(10-7-5-4-6-8-10)18-23-24(20,21)14(15,16)17/h3-8,11-12,19H,1,9H2,2H3. The first-order valence-electron chi connectivity index (χ1n) is 6.56. The lowest BCUT2D eigenvalue weighted by atomic mass is 9.92. The zero-order valence-electron chi connectivity index (χ0n) is 12.6. The molecule has 24 heavy (non-hydrogen) atoms. The van der Waals surface area contributed by atoms with E-state index < -0.39 is 27.6 Å². The largest absolute Gasteiger partial charge is 0.536 e. The fourth-order valence-electron chi connectivity index (χ4n) is 1.76. The third kappa shape index (κ3) is 5.05. The summed E-state index contributed by atoms with van der Waals surface area (Å²) < 4.78 is 67.9. The predicted molar refractivity (Wildman–Crippen MR) is 80.6 cm³/mol. The molecular weight excluding hydrogens is 351 g/mol. The van der Waals surface area contributed by atoms with Crippen LogP contribution in [0.15, 0.2) is 48.1 Å². The smallest absolute Gasteiger partial charge is 0.388 e. The number of aliphatic hydroxyl groups is 1. The van der Waals surface area contributed by atoms with E-state index in [2.05, 4.69) is 16.0 Å². The van der Waals surface area contributed by atoms with Crippen molar-refractivity contribution in [2.24, 2.45) is 11.1 Å². The molecule has 0 radical (unpaired) electrons. The first kappa shape index (κ1) is 20.1. The van der Waals surface area contributed by atoms with Gasteiger partial charge in [-0.25, -0.2) is 0 Å². The molecular formula is C14H16F3NO5S. The van der Waals surface area contributed by atoms with Gasteiger partial charge in [0.15, 0.2) is 0 Å². The van der Waals surface area contributed by atoms with Crippen LogP contribution in [0.25, 0.3) is 0 Å². The number of hydrogen-bond donors (Lipinski definition) is 1. The number of benzene rings is 1. The molecule has 0 saturated heterocycles. The van der Waals surface area contributed by atoms with Gasteiger partial charge in [-0.2, -0.15) is 21.6 Å². The first-order chi connectivity index (χ1) is 11.1. The Kier molecular flexibility index (Phi) is 6.93. The van der Waals surface area contributed by atoms with E-state index in [4.69, 9.17) is 4.74 Å². The number of nitrogens with zero attached hydrogens (tertiary/aromatic N) is 1. The van der Waals surface area contributed by atoms with Crippen LogP contribution in [0.1, 0.15) is 5.56 Å². The van der Waals surface area contributed by atoms with Gasteiger partial charge < -0.3 is 9.84 Å². The molecule has 0 saturated carbocycles. The number of halogens is 3. The van der Waals surface area contributed by atoms with Crippen LogP contribution in [0.4, 0.5) is 13.2 Å². The van der Waals surface area contributed by atoms with Crippen molar-refractivity contribution in [2.75, 3.05) is 13.7 Å². The predicted octanol–water partition coefficient (Wildman–Crippen LogP) is 2.07. The molecule has 0 aliphatic heterocycles. The van der Waals surface area contributed by atoms with E-state index in [-0.39, 0.29) is 17.9 Å². The summed E-state index contributed by atoms with van der Waals surface area (Å²) in [6.07, 6.45) is -0.124. The van der Waals surface area contributed by atoms with Gasteiger partial charge in [0.2, 0.25) is 0 Å². The number of aliphatic hydroxyl groups excluding tert-OH is 1. The Hall–Kier alpha value is -1.91. The Morgan fingerprint density at radius 2 is 1.96 bits per heavy atom. The lowest BCUT2D eigenvalue weighted by Crippen LogP contribution is -2.32. The number of rotatable bonds is 8. The Balaban J connectivity index is 3.33. The molecule has 134 valence electrons. The van der Waals surface area contributed by atoms with Gasteiger partial charge in [-0.05, 0) is 5.56 Å². The zero-order chi connectivity index (χ0) is 18.4. The summed E-state index contributed by atoms with van der Waals surface area (Å²) in [5, 5.41) is 13.1. The van der Waals surface area contributed by atoms with Crippen molar-refractivity contribution in [3.05, 3.63) is 48.6 Å². The summed E-state index contributed by atoms with van der Waals surface area (Å²) in [6.45, 7) is 3.23. The van der Waals surface area contributed by atoms with Gasteiger partial charge in [-0.15, -0.1) is 6.58 Å². The molecule has 0 aliphatic rings. The summed E-state index contributed by atoms with van der Waals surface area (Å²) in [5.41, 5.74) is -5.58. The molecule has 1 aromatic rings. The molecule has 10 heteroatoms. The highest BCUT2D eigenvalue weighted by Crippen LogP contribution is 2.26. The van der Waals surface area contributed by atoms with Gasteiger partial charge in [0.05, 0.1) is 24.3 Å². The van der Waals surface area contributed by atoms with E-state index in [9.17, 15) is 26.7 Å². The topological polar surface area (TPSA) is 85.2 Å². The van der Waals surface area contributed by atoms with Crippen molar-refractivity contribution in [1.29, 1.82) is 0 Å². The second-order valence-electron chi connectivity index (χ2n) is 4.61. The third-order valence-corrected chi connectivity index (χ3v) is 3.78. The van der Waals surface area contributed by atoms with E-state index in [0.29, 0.717) is 0 Å². The Labute approximate surface area is 137 Å². The molecule has 1 N–H and O–H groups in total. The van der Waals surface area contributed by atoms with Gasteiger partial charge in [0, 0.05) is 7.11 Å². The lowest BCUT2D eigenvalue weighted by molar-refractivity contribution is -0.0541. The number of hydrogen-bond acceptors (Lipinski definition) is 6. The van der Waals surface area contributed by atoms with Crippen molar-refractivity contribution in [2.45, 2.75) is 11.6 Å². The highest BCUT2D eigenvalue weighted by atomic mass is 32.2. The van der Waals surface area contributed by atoms with E-state index in [0.717, 1.165) is 6.08 Å².